The maximum absolute atomic E-state index is 11.1. The van der Waals surface area contributed by atoms with E-state index >= 15 is 0 Å². The summed E-state index contributed by atoms with van der Waals surface area (Å²) in [6, 6.07) is 5.67. The van der Waals surface area contributed by atoms with Crippen molar-refractivity contribution in [3.05, 3.63) is 23.8 Å². The highest BCUT2D eigenvalue weighted by atomic mass is 16.7. The third-order valence-electron chi connectivity index (χ3n) is 3.98. The minimum absolute atomic E-state index is 0.0601. The Bertz CT molecular complexity index is 538. The van der Waals surface area contributed by atoms with Gasteiger partial charge >= 0.3 is 0 Å². The molecule has 2 aliphatic rings. The molecule has 1 fully saturated rings. The summed E-state index contributed by atoms with van der Waals surface area (Å²) in [5, 5.41) is 2.78. The number of hydrogen-bond donors (Lipinski definition) is 1. The zero-order valence-corrected chi connectivity index (χ0v) is 11.0. The zero-order valence-electron chi connectivity index (χ0n) is 11.0. The first-order valence-electron chi connectivity index (χ1n) is 6.12. The van der Waals surface area contributed by atoms with Crippen LogP contribution in [0.4, 0.5) is 5.69 Å². The highest BCUT2D eigenvalue weighted by Gasteiger charge is 2.67. The standard InChI is InChI=1S/C14H17NO3/c1-8(16)15-9-5-6-11-10(7-9)12-14(4,18-12)13(2,3)17-11/h5-7,12H,1-4H3,(H,15,16). The average molecular weight is 247 g/mol. The number of epoxide rings is 1. The van der Waals surface area contributed by atoms with E-state index in [1.54, 1.807) is 0 Å². The van der Waals surface area contributed by atoms with Crippen LogP contribution in [0, 0.1) is 0 Å². The van der Waals surface area contributed by atoms with Gasteiger partial charge in [0.1, 0.15) is 23.1 Å². The highest BCUT2D eigenvalue weighted by molar-refractivity contribution is 5.88. The highest BCUT2D eigenvalue weighted by Crippen LogP contribution is 2.62. The lowest BCUT2D eigenvalue weighted by Gasteiger charge is -2.35. The van der Waals surface area contributed by atoms with E-state index in [9.17, 15) is 4.79 Å². The molecule has 0 radical (unpaired) electrons. The van der Waals surface area contributed by atoms with E-state index in [0.717, 1.165) is 17.0 Å². The Labute approximate surface area is 106 Å². The molecule has 2 unspecified atom stereocenters. The fraction of sp³-hybridized carbons (Fsp3) is 0.500. The molecule has 1 amide bonds. The number of hydrogen-bond acceptors (Lipinski definition) is 3. The summed E-state index contributed by atoms with van der Waals surface area (Å²) in [5.41, 5.74) is 1.19. The van der Waals surface area contributed by atoms with Crippen LogP contribution >= 0.6 is 0 Å². The van der Waals surface area contributed by atoms with E-state index in [1.165, 1.54) is 6.92 Å². The first-order chi connectivity index (χ1) is 8.33. The molecule has 1 N–H and O–H groups in total. The summed E-state index contributed by atoms with van der Waals surface area (Å²) < 4.78 is 11.8. The molecule has 0 bridgehead atoms. The number of carbonyl (C=O) groups excluding carboxylic acids is 1. The van der Waals surface area contributed by atoms with Gasteiger partial charge in [0, 0.05) is 18.2 Å². The Morgan fingerprint density at radius 2 is 2.06 bits per heavy atom. The van der Waals surface area contributed by atoms with E-state index in [2.05, 4.69) is 12.2 Å². The Kier molecular flexibility index (Phi) is 2.09. The van der Waals surface area contributed by atoms with Crippen molar-refractivity contribution < 1.29 is 14.3 Å². The van der Waals surface area contributed by atoms with Crippen molar-refractivity contribution >= 4 is 11.6 Å². The molecule has 0 aromatic heterocycles. The molecule has 0 aliphatic carbocycles. The van der Waals surface area contributed by atoms with Gasteiger partial charge in [-0.3, -0.25) is 4.79 Å². The number of amides is 1. The van der Waals surface area contributed by atoms with Gasteiger partial charge in [-0.2, -0.15) is 0 Å². The van der Waals surface area contributed by atoms with Gasteiger partial charge in [0.25, 0.3) is 0 Å². The van der Waals surface area contributed by atoms with E-state index < -0.39 is 0 Å². The monoisotopic (exact) mass is 247 g/mol. The lowest BCUT2D eigenvalue weighted by Crippen LogP contribution is -2.45. The molecule has 2 atom stereocenters. The lowest BCUT2D eigenvalue weighted by atomic mass is 9.83. The van der Waals surface area contributed by atoms with Gasteiger partial charge in [-0.05, 0) is 39.0 Å². The zero-order chi connectivity index (χ0) is 13.1. The molecule has 1 saturated heterocycles. The molecule has 4 nitrogen and oxygen atoms in total. The van der Waals surface area contributed by atoms with Crippen molar-refractivity contribution in [1.29, 1.82) is 0 Å². The van der Waals surface area contributed by atoms with Crippen molar-refractivity contribution in [3.8, 4) is 5.75 Å². The van der Waals surface area contributed by atoms with Gasteiger partial charge in [0.15, 0.2) is 0 Å². The third-order valence-corrected chi connectivity index (χ3v) is 3.98. The first-order valence-corrected chi connectivity index (χ1v) is 6.12. The minimum atomic E-state index is -0.333. The van der Waals surface area contributed by atoms with Crippen molar-refractivity contribution in [1.82, 2.24) is 0 Å². The van der Waals surface area contributed by atoms with Crippen LogP contribution in [0.25, 0.3) is 0 Å². The summed E-state index contributed by atoms with van der Waals surface area (Å²) in [4.78, 5) is 11.1. The summed E-state index contributed by atoms with van der Waals surface area (Å²) in [7, 11) is 0. The molecule has 18 heavy (non-hydrogen) atoms. The Balaban J connectivity index is 2.00. The van der Waals surface area contributed by atoms with Crippen molar-refractivity contribution in [2.75, 3.05) is 5.32 Å². The SMILES string of the molecule is CC(=O)Nc1ccc2c(c1)C1OC1(C)C(C)(C)O2. The number of nitrogens with one attached hydrogen (secondary N) is 1. The second-order valence-corrected chi connectivity index (χ2v) is 5.65. The van der Waals surface area contributed by atoms with Crippen LogP contribution in [0.1, 0.15) is 39.4 Å². The number of fused-ring (bicyclic) bond motifs is 3. The quantitative estimate of drug-likeness (QED) is 0.776. The van der Waals surface area contributed by atoms with Crippen LogP contribution in [0.3, 0.4) is 0 Å². The van der Waals surface area contributed by atoms with Crippen LogP contribution in [0.5, 0.6) is 5.75 Å². The fourth-order valence-corrected chi connectivity index (χ4v) is 2.53. The maximum Gasteiger partial charge on any atom is 0.221 e. The van der Waals surface area contributed by atoms with Crippen LogP contribution in [-0.4, -0.2) is 17.1 Å². The van der Waals surface area contributed by atoms with E-state index in [4.69, 9.17) is 9.47 Å². The van der Waals surface area contributed by atoms with Gasteiger partial charge in [0.05, 0.1) is 0 Å². The summed E-state index contributed by atoms with van der Waals surface area (Å²) in [6.07, 6.45) is 0.0601. The average Bonchev–Trinajstić information content (AvgIpc) is 2.93. The summed E-state index contributed by atoms with van der Waals surface area (Å²) >= 11 is 0. The molecule has 2 heterocycles. The minimum Gasteiger partial charge on any atom is -0.484 e. The predicted molar refractivity (Wildman–Crippen MR) is 67.7 cm³/mol. The molecular weight excluding hydrogens is 230 g/mol. The molecule has 1 aromatic carbocycles. The number of anilines is 1. The van der Waals surface area contributed by atoms with Crippen molar-refractivity contribution in [2.24, 2.45) is 0 Å². The van der Waals surface area contributed by atoms with Crippen molar-refractivity contribution in [2.45, 2.75) is 45.0 Å². The molecule has 96 valence electrons. The summed E-state index contributed by atoms with van der Waals surface area (Å²) in [5.74, 6) is 0.764. The smallest absolute Gasteiger partial charge is 0.221 e. The van der Waals surface area contributed by atoms with Crippen LogP contribution in [0.2, 0.25) is 0 Å². The lowest BCUT2D eigenvalue weighted by molar-refractivity contribution is -0.114. The Morgan fingerprint density at radius 3 is 2.72 bits per heavy atom. The van der Waals surface area contributed by atoms with Gasteiger partial charge in [-0.15, -0.1) is 0 Å². The molecule has 2 aliphatic heterocycles. The normalized spacial score (nSPS) is 30.8. The van der Waals surface area contributed by atoms with Gasteiger partial charge in [-0.25, -0.2) is 0 Å². The maximum atomic E-state index is 11.1. The molecule has 1 aromatic rings. The van der Waals surface area contributed by atoms with Crippen LogP contribution < -0.4 is 10.1 Å². The van der Waals surface area contributed by atoms with E-state index in [-0.39, 0.29) is 23.2 Å². The number of benzene rings is 1. The molecular formula is C14H17NO3. The second kappa shape index (κ2) is 3.26. The number of carbonyl (C=O) groups is 1. The van der Waals surface area contributed by atoms with Gasteiger partial charge in [0.2, 0.25) is 5.91 Å². The van der Waals surface area contributed by atoms with E-state index in [0.29, 0.717) is 0 Å². The molecule has 0 spiro atoms. The van der Waals surface area contributed by atoms with E-state index in [1.807, 2.05) is 32.0 Å². The number of rotatable bonds is 1. The first kappa shape index (κ1) is 11.5. The fourth-order valence-electron chi connectivity index (χ4n) is 2.53. The molecule has 0 saturated carbocycles. The van der Waals surface area contributed by atoms with Crippen LogP contribution in [-0.2, 0) is 9.53 Å². The van der Waals surface area contributed by atoms with Gasteiger partial charge < -0.3 is 14.8 Å². The second-order valence-electron chi connectivity index (χ2n) is 5.65. The topological polar surface area (TPSA) is 50.9 Å². The Morgan fingerprint density at radius 1 is 1.33 bits per heavy atom. The summed E-state index contributed by atoms with van der Waals surface area (Å²) in [6.45, 7) is 7.64. The number of ether oxygens (including phenoxy) is 2. The molecule has 4 heteroatoms. The largest absolute Gasteiger partial charge is 0.484 e. The van der Waals surface area contributed by atoms with Crippen molar-refractivity contribution in [3.63, 3.8) is 0 Å². The van der Waals surface area contributed by atoms with Gasteiger partial charge in [-0.1, -0.05) is 0 Å². The Hall–Kier alpha value is -1.55. The van der Waals surface area contributed by atoms with Crippen LogP contribution in [0.15, 0.2) is 18.2 Å². The predicted octanol–water partition coefficient (Wildman–Crippen LogP) is 2.65. The third kappa shape index (κ3) is 1.45. The molecule has 3 rings (SSSR count).